The predicted octanol–water partition coefficient (Wildman–Crippen LogP) is 5.00. The highest BCUT2D eigenvalue weighted by Crippen LogP contribution is 2.30. The van der Waals surface area contributed by atoms with E-state index >= 15 is 0 Å². The molecule has 0 saturated carbocycles. The molecule has 0 fully saturated rings. The Morgan fingerprint density at radius 1 is 1.19 bits per heavy atom. The van der Waals surface area contributed by atoms with E-state index in [1.54, 1.807) is 6.07 Å². The minimum Gasteiger partial charge on any atom is -0.368 e. The number of rotatable bonds is 5. The topological polar surface area (TPSA) is 37.0 Å². The van der Waals surface area contributed by atoms with Gasteiger partial charge in [0, 0.05) is 17.1 Å². The lowest BCUT2D eigenvalue weighted by Gasteiger charge is -2.12. The second-order valence-corrected chi connectivity index (χ2v) is 5.43. The number of anilines is 3. The summed E-state index contributed by atoms with van der Waals surface area (Å²) in [5.41, 5.74) is 1.68. The number of hydrogen-bond acceptors (Lipinski definition) is 3. The first-order chi connectivity index (χ1) is 10.0. The Bertz CT molecular complexity index is 647. The molecule has 3 nitrogen and oxygen atoms in total. The second kappa shape index (κ2) is 6.85. The van der Waals surface area contributed by atoms with Crippen molar-refractivity contribution < 1.29 is 8.78 Å². The number of nitrogens with one attached hydrogen (secondary N) is 2. The monoisotopic (exact) mass is 355 g/mol. The summed E-state index contributed by atoms with van der Waals surface area (Å²) in [5.74, 6) is -1.40. The lowest BCUT2D eigenvalue weighted by molar-refractivity contribution is 0.579. The van der Waals surface area contributed by atoms with Gasteiger partial charge in [0.1, 0.15) is 0 Å². The minimum absolute atomic E-state index is 0.0127. The molecule has 0 atom stereocenters. The fourth-order valence-corrected chi connectivity index (χ4v) is 2.16. The van der Waals surface area contributed by atoms with Gasteiger partial charge in [0.05, 0.1) is 5.69 Å². The highest BCUT2D eigenvalue weighted by molar-refractivity contribution is 9.10. The average Bonchev–Trinajstić information content (AvgIpc) is 2.45. The fraction of sp³-hybridized carbons (Fsp3) is 0.267. The molecule has 1 aromatic heterocycles. The van der Waals surface area contributed by atoms with Crippen molar-refractivity contribution in [3.8, 4) is 0 Å². The Kier molecular flexibility index (Phi) is 5.12. The third-order valence-electron chi connectivity index (χ3n) is 2.92. The molecular formula is C15H16BrF2N3. The van der Waals surface area contributed by atoms with E-state index in [4.69, 9.17) is 0 Å². The van der Waals surface area contributed by atoms with Crippen LogP contribution in [-0.2, 0) is 0 Å². The molecule has 21 heavy (non-hydrogen) atoms. The zero-order valence-corrected chi connectivity index (χ0v) is 13.4. The van der Waals surface area contributed by atoms with Gasteiger partial charge in [0.2, 0.25) is 0 Å². The van der Waals surface area contributed by atoms with Gasteiger partial charge >= 0.3 is 0 Å². The Morgan fingerprint density at radius 2 is 1.90 bits per heavy atom. The number of halogens is 3. The molecule has 0 saturated heterocycles. The number of nitrogens with zero attached hydrogens (tertiary/aromatic N) is 1. The van der Waals surface area contributed by atoms with Gasteiger partial charge in [-0.25, -0.2) is 13.8 Å². The molecule has 0 spiro atoms. The lowest BCUT2D eigenvalue weighted by atomic mass is 10.2. The van der Waals surface area contributed by atoms with E-state index in [1.807, 2.05) is 26.0 Å². The van der Waals surface area contributed by atoms with Crippen LogP contribution in [0, 0.1) is 18.6 Å². The van der Waals surface area contributed by atoms with Crippen LogP contribution < -0.4 is 10.6 Å². The Labute approximate surface area is 130 Å². The van der Waals surface area contributed by atoms with Gasteiger partial charge in [-0.3, -0.25) is 0 Å². The summed E-state index contributed by atoms with van der Waals surface area (Å²) < 4.78 is 28.3. The van der Waals surface area contributed by atoms with Crippen LogP contribution in [0.5, 0.6) is 0 Å². The summed E-state index contributed by atoms with van der Waals surface area (Å²) in [6.45, 7) is 4.46. The first-order valence-corrected chi connectivity index (χ1v) is 7.44. The smallest absolute Gasteiger partial charge is 0.169 e. The van der Waals surface area contributed by atoms with Crippen molar-refractivity contribution in [3.63, 3.8) is 0 Å². The van der Waals surface area contributed by atoms with Crippen molar-refractivity contribution in [2.24, 2.45) is 0 Å². The van der Waals surface area contributed by atoms with E-state index in [-0.39, 0.29) is 11.6 Å². The zero-order chi connectivity index (χ0) is 15.4. The summed E-state index contributed by atoms with van der Waals surface area (Å²) >= 11 is 3.43. The molecule has 0 amide bonds. The summed E-state index contributed by atoms with van der Waals surface area (Å²) in [6, 6.07) is 6.40. The van der Waals surface area contributed by atoms with Crippen LogP contribution in [0.1, 0.15) is 18.9 Å². The highest BCUT2D eigenvalue weighted by atomic mass is 79.9. The standard InChI is InChI=1S/C15H16BrF2N3/c1-3-7-19-14-10(17)8-11(18)15(21-14)20-12-6-4-5-9(2)13(12)16/h4-6,8H,3,7H2,1-2H3,(H2,19,20,21). The van der Waals surface area contributed by atoms with E-state index in [0.29, 0.717) is 12.2 Å². The van der Waals surface area contributed by atoms with Crippen molar-refractivity contribution in [2.75, 3.05) is 17.2 Å². The molecule has 0 aliphatic heterocycles. The highest BCUT2D eigenvalue weighted by Gasteiger charge is 2.13. The van der Waals surface area contributed by atoms with Crippen molar-refractivity contribution in [1.29, 1.82) is 0 Å². The molecular weight excluding hydrogens is 340 g/mol. The Morgan fingerprint density at radius 3 is 2.62 bits per heavy atom. The molecule has 2 N–H and O–H groups in total. The second-order valence-electron chi connectivity index (χ2n) is 4.64. The van der Waals surface area contributed by atoms with Crippen LogP contribution >= 0.6 is 15.9 Å². The molecule has 0 aliphatic carbocycles. The largest absolute Gasteiger partial charge is 0.368 e. The normalized spacial score (nSPS) is 10.5. The minimum atomic E-state index is -0.733. The molecule has 2 rings (SSSR count). The quantitative estimate of drug-likeness (QED) is 0.792. The predicted molar refractivity (Wildman–Crippen MR) is 85.1 cm³/mol. The molecule has 112 valence electrons. The maximum Gasteiger partial charge on any atom is 0.169 e. The van der Waals surface area contributed by atoms with Crippen LogP contribution in [0.3, 0.4) is 0 Å². The summed E-state index contributed by atoms with van der Waals surface area (Å²) in [4.78, 5) is 3.98. The number of pyridine rings is 1. The van der Waals surface area contributed by atoms with Crippen molar-refractivity contribution in [3.05, 3.63) is 45.9 Å². The number of hydrogen-bond donors (Lipinski definition) is 2. The van der Waals surface area contributed by atoms with Gasteiger partial charge in [0.25, 0.3) is 0 Å². The van der Waals surface area contributed by atoms with Crippen LogP contribution in [0.15, 0.2) is 28.7 Å². The molecule has 1 aromatic carbocycles. The first-order valence-electron chi connectivity index (χ1n) is 6.65. The summed E-state index contributed by atoms with van der Waals surface area (Å²) in [5, 5.41) is 5.72. The summed E-state index contributed by atoms with van der Waals surface area (Å²) in [6.07, 6.45) is 0.824. The summed E-state index contributed by atoms with van der Waals surface area (Å²) in [7, 11) is 0. The fourth-order valence-electron chi connectivity index (χ4n) is 1.79. The van der Waals surface area contributed by atoms with E-state index in [0.717, 1.165) is 22.5 Å². The van der Waals surface area contributed by atoms with Crippen molar-refractivity contribution >= 4 is 33.3 Å². The molecule has 1 heterocycles. The van der Waals surface area contributed by atoms with Gasteiger partial charge in [-0.05, 0) is 40.9 Å². The molecule has 6 heteroatoms. The van der Waals surface area contributed by atoms with Crippen LogP contribution in [0.4, 0.5) is 26.1 Å². The maximum absolute atomic E-state index is 13.9. The van der Waals surface area contributed by atoms with Gasteiger partial charge in [-0.1, -0.05) is 19.1 Å². The molecule has 0 unspecified atom stereocenters. The number of aromatic nitrogens is 1. The molecule has 0 bridgehead atoms. The number of aryl methyl sites for hydroxylation is 1. The Hall–Kier alpha value is -1.69. The van der Waals surface area contributed by atoms with E-state index < -0.39 is 11.6 Å². The maximum atomic E-state index is 13.9. The van der Waals surface area contributed by atoms with Crippen LogP contribution in [0.25, 0.3) is 0 Å². The third-order valence-corrected chi connectivity index (χ3v) is 3.97. The average molecular weight is 356 g/mol. The van der Waals surface area contributed by atoms with E-state index in [9.17, 15) is 8.78 Å². The van der Waals surface area contributed by atoms with Crippen molar-refractivity contribution in [1.82, 2.24) is 4.98 Å². The van der Waals surface area contributed by atoms with E-state index in [1.165, 1.54) is 0 Å². The number of benzene rings is 1. The zero-order valence-electron chi connectivity index (χ0n) is 11.8. The Balaban J connectivity index is 2.33. The lowest BCUT2D eigenvalue weighted by Crippen LogP contribution is -2.08. The molecule has 0 aliphatic rings. The van der Waals surface area contributed by atoms with Crippen LogP contribution in [0.2, 0.25) is 0 Å². The van der Waals surface area contributed by atoms with Gasteiger partial charge in [-0.15, -0.1) is 0 Å². The van der Waals surface area contributed by atoms with Crippen molar-refractivity contribution in [2.45, 2.75) is 20.3 Å². The van der Waals surface area contributed by atoms with Gasteiger partial charge in [-0.2, -0.15) is 0 Å². The third kappa shape index (κ3) is 3.69. The van der Waals surface area contributed by atoms with Gasteiger partial charge in [0.15, 0.2) is 23.3 Å². The molecule has 2 aromatic rings. The van der Waals surface area contributed by atoms with Crippen LogP contribution in [-0.4, -0.2) is 11.5 Å². The van der Waals surface area contributed by atoms with E-state index in [2.05, 4.69) is 31.5 Å². The van der Waals surface area contributed by atoms with Gasteiger partial charge < -0.3 is 10.6 Å². The first kappa shape index (κ1) is 15.7. The SMILES string of the molecule is CCCNc1nc(Nc2cccc(C)c2Br)c(F)cc1F. The molecule has 0 radical (unpaired) electrons.